The van der Waals surface area contributed by atoms with Crippen LogP contribution in [0.25, 0.3) is 0 Å². The molecule has 1 saturated carbocycles. The fourth-order valence-corrected chi connectivity index (χ4v) is 3.05. The van der Waals surface area contributed by atoms with Crippen LogP contribution in [-0.4, -0.2) is 28.3 Å². The van der Waals surface area contributed by atoms with Crippen molar-refractivity contribution >= 4 is 10.8 Å². The Morgan fingerprint density at radius 1 is 1.29 bits per heavy atom. The van der Waals surface area contributed by atoms with Gasteiger partial charge in [0.25, 0.3) is 0 Å². The van der Waals surface area contributed by atoms with Gasteiger partial charge in [0.15, 0.2) is 0 Å². The Morgan fingerprint density at radius 3 is 2.36 bits per heavy atom. The number of rotatable bonds is 4. The van der Waals surface area contributed by atoms with Crippen LogP contribution in [0.2, 0.25) is 0 Å². The third-order valence-corrected chi connectivity index (χ3v) is 3.83. The van der Waals surface area contributed by atoms with Gasteiger partial charge in [-0.1, -0.05) is 25.7 Å². The van der Waals surface area contributed by atoms with Crippen molar-refractivity contribution in [3.63, 3.8) is 0 Å². The van der Waals surface area contributed by atoms with Gasteiger partial charge in [-0.3, -0.25) is 4.21 Å². The summed E-state index contributed by atoms with van der Waals surface area (Å²) in [6, 6.07) is 1.08. The molecule has 2 nitrogen and oxygen atoms in total. The topological polar surface area (TPSA) is 29.1 Å². The molecule has 0 heterocycles. The summed E-state index contributed by atoms with van der Waals surface area (Å²) in [5, 5.41) is 3.60. The van der Waals surface area contributed by atoms with Crippen LogP contribution in [0.5, 0.6) is 0 Å². The van der Waals surface area contributed by atoms with Crippen LogP contribution in [0.15, 0.2) is 0 Å². The molecule has 84 valence electrons. The molecule has 0 amide bonds. The second-order valence-electron chi connectivity index (χ2n) is 4.50. The normalized spacial score (nSPS) is 24.1. The third-order valence-electron chi connectivity index (χ3n) is 2.86. The first-order valence-electron chi connectivity index (χ1n) is 5.74. The summed E-state index contributed by atoms with van der Waals surface area (Å²) in [4.78, 5) is 0. The fourth-order valence-electron chi connectivity index (χ4n) is 2.25. The Hall–Kier alpha value is 0.110. The summed E-state index contributed by atoms with van der Waals surface area (Å²) in [6.45, 7) is 2.15. The van der Waals surface area contributed by atoms with Gasteiger partial charge in [0.05, 0.1) is 0 Å². The van der Waals surface area contributed by atoms with E-state index in [2.05, 4.69) is 12.2 Å². The molecular formula is C11H23NOS. The fraction of sp³-hybridized carbons (Fsp3) is 1.00. The molecule has 1 aliphatic rings. The molecule has 3 heteroatoms. The van der Waals surface area contributed by atoms with E-state index < -0.39 is 10.8 Å². The Balaban J connectivity index is 2.23. The Labute approximate surface area is 90.3 Å². The van der Waals surface area contributed by atoms with Crippen molar-refractivity contribution in [3.05, 3.63) is 0 Å². The summed E-state index contributed by atoms with van der Waals surface area (Å²) in [7, 11) is -0.667. The van der Waals surface area contributed by atoms with E-state index in [4.69, 9.17) is 0 Å². The van der Waals surface area contributed by atoms with E-state index in [9.17, 15) is 4.21 Å². The van der Waals surface area contributed by atoms with E-state index >= 15 is 0 Å². The highest BCUT2D eigenvalue weighted by Gasteiger charge is 2.14. The first kappa shape index (κ1) is 12.2. The molecule has 1 N–H and O–H groups in total. The van der Waals surface area contributed by atoms with Crippen molar-refractivity contribution in [2.45, 2.75) is 57.5 Å². The first-order chi connectivity index (χ1) is 6.68. The average molecular weight is 217 g/mol. The van der Waals surface area contributed by atoms with Gasteiger partial charge in [-0.2, -0.15) is 0 Å². The highest BCUT2D eigenvalue weighted by molar-refractivity contribution is 7.84. The lowest BCUT2D eigenvalue weighted by atomic mass is 10.1. The van der Waals surface area contributed by atoms with E-state index in [-0.39, 0.29) is 0 Å². The zero-order chi connectivity index (χ0) is 10.4. The molecule has 1 fully saturated rings. The van der Waals surface area contributed by atoms with Crippen LogP contribution in [-0.2, 0) is 10.8 Å². The third kappa shape index (κ3) is 5.11. The van der Waals surface area contributed by atoms with Crippen LogP contribution >= 0.6 is 0 Å². The molecular weight excluding hydrogens is 194 g/mol. The maximum atomic E-state index is 11.0. The van der Waals surface area contributed by atoms with Crippen molar-refractivity contribution in [3.8, 4) is 0 Å². The van der Waals surface area contributed by atoms with Gasteiger partial charge in [0, 0.05) is 34.9 Å². The molecule has 0 saturated heterocycles. The van der Waals surface area contributed by atoms with Gasteiger partial charge in [0.1, 0.15) is 0 Å². The average Bonchev–Trinajstić information content (AvgIpc) is 2.31. The maximum Gasteiger partial charge on any atom is 0.0383 e. The van der Waals surface area contributed by atoms with Crippen molar-refractivity contribution < 1.29 is 4.21 Å². The molecule has 0 spiro atoms. The highest BCUT2D eigenvalue weighted by atomic mass is 32.2. The Kier molecular flexibility index (Phi) is 5.71. The van der Waals surface area contributed by atoms with Gasteiger partial charge >= 0.3 is 0 Å². The lowest BCUT2D eigenvalue weighted by molar-refractivity contribution is 0.424. The van der Waals surface area contributed by atoms with Crippen LogP contribution in [0.3, 0.4) is 0 Å². The quantitative estimate of drug-likeness (QED) is 0.730. The Morgan fingerprint density at radius 2 is 1.86 bits per heavy atom. The standard InChI is InChI=1S/C11H23NOS/c1-10(9-14(2)13)12-11-7-5-3-4-6-8-11/h10-12H,3-9H2,1-2H3. The smallest absolute Gasteiger partial charge is 0.0383 e. The van der Waals surface area contributed by atoms with Crippen molar-refractivity contribution in [1.29, 1.82) is 0 Å². The largest absolute Gasteiger partial charge is 0.311 e. The van der Waals surface area contributed by atoms with E-state index in [0.29, 0.717) is 12.1 Å². The van der Waals surface area contributed by atoms with Crippen molar-refractivity contribution in [2.75, 3.05) is 12.0 Å². The highest BCUT2D eigenvalue weighted by Crippen LogP contribution is 2.17. The molecule has 1 aliphatic carbocycles. The van der Waals surface area contributed by atoms with Crippen LogP contribution < -0.4 is 5.32 Å². The summed E-state index contributed by atoms with van der Waals surface area (Å²) in [6.07, 6.45) is 9.91. The first-order valence-corrected chi connectivity index (χ1v) is 7.47. The van der Waals surface area contributed by atoms with Gasteiger partial charge in [-0.25, -0.2) is 0 Å². The minimum atomic E-state index is -0.667. The second-order valence-corrected chi connectivity index (χ2v) is 5.98. The van der Waals surface area contributed by atoms with Gasteiger partial charge in [0.2, 0.25) is 0 Å². The van der Waals surface area contributed by atoms with E-state index in [0.717, 1.165) is 5.75 Å². The molecule has 1 rings (SSSR count). The number of hydrogen-bond acceptors (Lipinski definition) is 2. The maximum absolute atomic E-state index is 11.0. The van der Waals surface area contributed by atoms with Gasteiger partial charge in [-0.05, 0) is 19.8 Å². The predicted molar refractivity (Wildman–Crippen MR) is 63.0 cm³/mol. The molecule has 0 aromatic heterocycles. The lowest BCUT2D eigenvalue weighted by Gasteiger charge is -2.21. The summed E-state index contributed by atoms with van der Waals surface area (Å²) < 4.78 is 11.0. The Bertz CT molecular complexity index is 176. The molecule has 0 aromatic rings. The van der Waals surface area contributed by atoms with Crippen LogP contribution in [0.1, 0.15) is 45.4 Å². The van der Waals surface area contributed by atoms with E-state index in [1.807, 2.05) is 0 Å². The van der Waals surface area contributed by atoms with Crippen LogP contribution in [0, 0.1) is 0 Å². The molecule has 2 atom stereocenters. The summed E-state index contributed by atoms with van der Waals surface area (Å²) in [5.41, 5.74) is 0. The molecule has 0 radical (unpaired) electrons. The van der Waals surface area contributed by atoms with Crippen LogP contribution in [0.4, 0.5) is 0 Å². The molecule has 0 aromatic carbocycles. The van der Waals surface area contributed by atoms with E-state index in [1.54, 1.807) is 6.26 Å². The van der Waals surface area contributed by atoms with Gasteiger partial charge < -0.3 is 5.32 Å². The number of nitrogens with one attached hydrogen (secondary N) is 1. The summed E-state index contributed by atoms with van der Waals surface area (Å²) >= 11 is 0. The molecule has 0 bridgehead atoms. The van der Waals surface area contributed by atoms with Gasteiger partial charge in [-0.15, -0.1) is 0 Å². The lowest BCUT2D eigenvalue weighted by Crippen LogP contribution is -2.39. The molecule has 0 aliphatic heterocycles. The second kappa shape index (κ2) is 6.57. The molecule has 14 heavy (non-hydrogen) atoms. The summed E-state index contributed by atoms with van der Waals surface area (Å²) in [5.74, 6) is 0.788. The minimum Gasteiger partial charge on any atom is -0.311 e. The molecule has 2 unspecified atom stereocenters. The monoisotopic (exact) mass is 217 g/mol. The SMILES string of the molecule is CC(CS(C)=O)NC1CCCCCC1. The predicted octanol–water partition coefficient (Wildman–Crippen LogP) is 2.07. The zero-order valence-corrected chi connectivity index (χ0v) is 10.2. The number of hydrogen-bond donors (Lipinski definition) is 1. The van der Waals surface area contributed by atoms with E-state index in [1.165, 1.54) is 38.5 Å². The zero-order valence-electron chi connectivity index (χ0n) is 9.42. The van der Waals surface area contributed by atoms with Crippen molar-refractivity contribution in [1.82, 2.24) is 5.32 Å². The minimum absolute atomic E-state index is 0.406. The van der Waals surface area contributed by atoms with Crippen molar-refractivity contribution in [2.24, 2.45) is 0 Å².